The number of hydrogen-bond donors (Lipinski definition) is 0. The Balaban J connectivity index is 1.47. The Morgan fingerprint density at radius 2 is 0.917 bits per heavy atom. The molecule has 0 radical (unpaired) electrons. The van der Waals surface area contributed by atoms with E-state index in [4.69, 9.17) is 0 Å². The normalized spacial score (nSPS) is 17.9. The Bertz CT molecular complexity index is 594. The molecule has 0 aromatic heterocycles. The molecule has 2 aromatic rings. The van der Waals surface area contributed by atoms with Crippen LogP contribution in [0, 0.1) is 0 Å². The van der Waals surface area contributed by atoms with E-state index in [0.29, 0.717) is 0 Å². The molecule has 0 saturated carbocycles. The smallest absolute Gasteiger partial charge is 0.0366 e. The van der Waals surface area contributed by atoms with E-state index in [2.05, 4.69) is 65.0 Å². The van der Waals surface area contributed by atoms with Gasteiger partial charge in [0.05, 0.1) is 0 Å². The maximum Gasteiger partial charge on any atom is 0.0366 e. The van der Waals surface area contributed by atoms with Crippen LogP contribution in [0.1, 0.15) is 25.7 Å². The Kier molecular flexibility index (Phi) is 4.76. The molecule has 2 fully saturated rings. The lowest BCUT2D eigenvalue weighted by atomic mass is 10.3. The molecule has 24 heavy (non-hydrogen) atoms. The standard InChI is InChI=1S/C21H27N2P/c1-24(20-10-6-18(7-11-20)22-14-2-3-15-22)21-12-8-19(9-13-21)23-16-4-5-17-23/h6-13H,2-5,14-17H2,1H3. The van der Waals surface area contributed by atoms with Crippen molar-refractivity contribution in [3.8, 4) is 0 Å². The van der Waals surface area contributed by atoms with Crippen LogP contribution in [0.5, 0.6) is 0 Å². The lowest BCUT2D eigenvalue weighted by Crippen LogP contribution is -2.19. The Morgan fingerprint density at radius 1 is 0.583 bits per heavy atom. The van der Waals surface area contributed by atoms with Crippen LogP contribution in [-0.4, -0.2) is 32.8 Å². The van der Waals surface area contributed by atoms with Crippen LogP contribution in [0.15, 0.2) is 48.5 Å². The van der Waals surface area contributed by atoms with Crippen LogP contribution in [0.4, 0.5) is 11.4 Å². The van der Waals surface area contributed by atoms with Crippen molar-refractivity contribution in [1.29, 1.82) is 0 Å². The van der Waals surface area contributed by atoms with Gasteiger partial charge >= 0.3 is 0 Å². The van der Waals surface area contributed by atoms with Gasteiger partial charge in [-0.1, -0.05) is 24.3 Å². The van der Waals surface area contributed by atoms with Gasteiger partial charge in [0.25, 0.3) is 0 Å². The maximum atomic E-state index is 2.51. The maximum absolute atomic E-state index is 2.51. The quantitative estimate of drug-likeness (QED) is 0.779. The van der Waals surface area contributed by atoms with E-state index in [-0.39, 0.29) is 7.92 Å². The minimum atomic E-state index is -0.257. The van der Waals surface area contributed by atoms with Gasteiger partial charge < -0.3 is 9.80 Å². The highest BCUT2D eigenvalue weighted by atomic mass is 31.1. The Labute approximate surface area is 147 Å². The lowest BCUT2D eigenvalue weighted by molar-refractivity contribution is 0.949. The largest absolute Gasteiger partial charge is 0.372 e. The van der Waals surface area contributed by atoms with Crippen LogP contribution in [0.2, 0.25) is 0 Å². The second-order valence-electron chi connectivity index (χ2n) is 6.98. The molecule has 0 amide bonds. The molecule has 126 valence electrons. The number of hydrogen-bond acceptors (Lipinski definition) is 2. The van der Waals surface area contributed by atoms with Gasteiger partial charge in [0.1, 0.15) is 0 Å². The third-order valence-corrected chi connectivity index (χ3v) is 7.56. The van der Waals surface area contributed by atoms with Gasteiger partial charge in [-0.2, -0.15) is 0 Å². The second-order valence-corrected chi connectivity index (χ2v) is 9.13. The van der Waals surface area contributed by atoms with Crippen molar-refractivity contribution in [2.45, 2.75) is 25.7 Å². The van der Waals surface area contributed by atoms with Crippen molar-refractivity contribution >= 4 is 29.9 Å². The predicted molar refractivity (Wildman–Crippen MR) is 108 cm³/mol. The summed E-state index contributed by atoms with van der Waals surface area (Å²) in [5.74, 6) is 0. The van der Waals surface area contributed by atoms with Crippen molar-refractivity contribution in [2.24, 2.45) is 0 Å². The summed E-state index contributed by atoms with van der Waals surface area (Å²) in [6, 6.07) is 18.6. The molecule has 3 heteroatoms. The van der Waals surface area contributed by atoms with Crippen molar-refractivity contribution in [1.82, 2.24) is 0 Å². The zero-order valence-electron chi connectivity index (χ0n) is 14.6. The molecule has 0 unspecified atom stereocenters. The highest BCUT2D eigenvalue weighted by molar-refractivity contribution is 7.72. The van der Waals surface area contributed by atoms with Gasteiger partial charge in [-0.25, -0.2) is 0 Å². The highest BCUT2D eigenvalue weighted by Crippen LogP contribution is 2.31. The average Bonchev–Trinajstić information content (AvgIpc) is 3.35. The van der Waals surface area contributed by atoms with Crippen LogP contribution in [0.3, 0.4) is 0 Å². The van der Waals surface area contributed by atoms with E-state index in [9.17, 15) is 0 Å². The molecule has 2 heterocycles. The zero-order valence-corrected chi connectivity index (χ0v) is 15.5. The molecule has 2 saturated heterocycles. The first-order valence-corrected chi connectivity index (χ1v) is 11.0. The number of nitrogens with zero attached hydrogens (tertiary/aromatic N) is 2. The molecule has 0 spiro atoms. The van der Waals surface area contributed by atoms with Crippen LogP contribution >= 0.6 is 7.92 Å². The molecule has 0 atom stereocenters. The summed E-state index contributed by atoms with van der Waals surface area (Å²) in [6.45, 7) is 7.26. The van der Waals surface area contributed by atoms with Gasteiger partial charge in [-0.15, -0.1) is 0 Å². The predicted octanol–water partition coefficient (Wildman–Crippen LogP) is 3.95. The van der Waals surface area contributed by atoms with E-state index >= 15 is 0 Å². The summed E-state index contributed by atoms with van der Waals surface area (Å²) in [5, 5.41) is 2.95. The fourth-order valence-electron chi connectivity index (χ4n) is 3.87. The second kappa shape index (κ2) is 7.15. The molecular formula is C21H27N2P. The summed E-state index contributed by atoms with van der Waals surface area (Å²) in [6.07, 6.45) is 5.36. The molecule has 0 aliphatic carbocycles. The van der Waals surface area contributed by atoms with E-state index < -0.39 is 0 Å². The molecule has 4 rings (SSSR count). The van der Waals surface area contributed by atoms with Crippen molar-refractivity contribution < 1.29 is 0 Å². The minimum Gasteiger partial charge on any atom is -0.372 e. The molecule has 0 bridgehead atoms. The summed E-state index contributed by atoms with van der Waals surface area (Å²) in [7, 11) is -0.257. The minimum absolute atomic E-state index is 0.257. The molecule has 2 aliphatic heterocycles. The summed E-state index contributed by atoms with van der Waals surface area (Å²) >= 11 is 0. The fourth-order valence-corrected chi connectivity index (χ4v) is 5.36. The van der Waals surface area contributed by atoms with Crippen molar-refractivity contribution in [2.75, 3.05) is 42.6 Å². The fraction of sp³-hybridized carbons (Fsp3) is 0.429. The van der Waals surface area contributed by atoms with Gasteiger partial charge in [0.15, 0.2) is 0 Å². The van der Waals surface area contributed by atoms with Crippen LogP contribution < -0.4 is 20.4 Å². The molecule has 2 aliphatic rings. The number of benzene rings is 2. The van der Waals surface area contributed by atoms with Crippen LogP contribution in [0.25, 0.3) is 0 Å². The van der Waals surface area contributed by atoms with E-state index in [1.165, 1.54) is 73.8 Å². The third kappa shape index (κ3) is 3.30. The van der Waals surface area contributed by atoms with E-state index in [0.717, 1.165) is 0 Å². The average molecular weight is 338 g/mol. The monoisotopic (exact) mass is 338 g/mol. The zero-order chi connectivity index (χ0) is 16.4. The Morgan fingerprint density at radius 3 is 1.25 bits per heavy atom. The van der Waals surface area contributed by atoms with Gasteiger partial charge in [-0.05, 0) is 75.1 Å². The summed E-state index contributed by atoms with van der Waals surface area (Å²) < 4.78 is 0. The molecule has 2 aromatic carbocycles. The first kappa shape index (κ1) is 16.0. The highest BCUT2D eigenvalue weighted by Gasteiger charge is 2.15. The van der Waals surface area contributed by atoms with E-state index in [1.54, 1.807) is 0 Å². The first-order chi connectivity index (χ1) is 11.8. The van der Waals surface area contributed by atoms with Crippen molar-refractivity contribution in [3.05, 3.63) is 48.5 Å². The van der Waals surface area contributed by atoms with Gasteiger partial charge in [0, 0.05) is 37.6 Å². The summed E-state index contributed by atoms with van der Waals surface area (Å²) in [4.78, 5) is 5.01. The summed E-state index contributed by atoms with van der Waals surface area (Å²) in [5.41, 5.74) is 2.79. The number of rotatable bonds is 4. The Hall–Kier alpha value is -1.53. The van der Waals surface area contributed by atoms with Gasteiger partial charge in [0.2, 0.25) is 0 Å². The third-order valence-electron chi connectivity index (χ3n) is 5.42. The number of anilines is 2. The van der Waals surface area contributed by atoms with Crippen LogP contribution in [-0.2, 0) is 0 Å². The SMILES string of the molecule is CP(c1ccc(N2CCCC2)cc1)c1ccc(N2CCCC2)cc1. The van der Waals surface area contributed by atoms with Crippen molar-refractivity contribution in [3.63, 3.8) is 0 Å². The first-order valence-electron chi connectivity index (χ1n) is 9.25. The topological polar surface area (TPSA) is 6.48 Å². The molecule has 0 N–H and O–H groups in total. The van der Waals surface area contributed by atoms with Gasteiger partial charge in [-0.3, -0.25) is 0 Å². The molecular weight excluding hydrogens is 311 g/mol. The molecule has 2 nitrogen and oxygen atoms in total. The lowest BCUT2D eigenvalue weighted by Gasteiger charge is -2.21. The van der Waals surface area contributed by atoms with E-state index in [1.807, 2.05) is 0 Å².